The normalized spacial score (nSPS) is 15.2. The lowest BCUT2D eigenvalue weighted by atomic mass is 9.97. The van der Waals surface area contributed by atoms with Crippen molar-refractivity contribution in [1.29, 1.82) is 0 Å². The van der Waals surface area contributed by atoms with Gasteiger partial charge in [-0.05, 0) is 43.0 Å². The molecule has 1 aliphatic rings. The van der Waals surface area contributed by atoms with Gasteiger partial charge in [-0.1, -0.05) is 55.3 Å². The van der Waals surface area contributed by atoms with Gasteiger partial charge in [0, 0.05) is 30.6 Å². The maximum absolute atomic E-state index is 12.9. The average molecular weight is 492 g/mol. The number of carbonyl (C=O) groups is 2. The molecule has 2 N–H and O–H groups in total. The van der Waals surface area contributed by atoms with E-state index in [1.807, 2.05) is 6.92 Å². The molecule has 0 unspecified atom stereocenters. The summed E-state index contributed by atoms with van der Waals surface area (Å²) in [6.07, 6.45) is 2.70. The van der Waals surface area contributed by atoms with Gasteiger partial charge in [-0.3, -0.25) is 9.59 Å². The predicted octanol–water partition coefficient (Wildman–Crippen LogP) is 4.05. The van der Waals surface area contributed by atoms with Gasteiger partial charge in [0.25, 0.3) is 5.91 Å². The van der Waals surface area contributed by atoms with Crippen molar-refractivity contribution in [1.82, 2.24) is 9.62 Å². The Balaban J connectivity index is 1.58. The lowest BCUT2D eigenvalue weighted by Crippen LogP contribution is -2.42. The Morgan fingerprint density at radius 2 is 1.73 bits per heavy atom. The molecule has 0 atom stereocenters. The van der Waals surface area contributed by atoms with E-state index in [2.05, 4.69) is 10.6 Å². The molecule has 0 bridgehead atoms. The topological polar surface area (TPSA) is 95.6 Å². The number of hydrogen-bond acceptors (Lipinski definition) is 4. The summed E-state index contributed by atoms with van der Waals surface area (Å²) in [5.41, 5.74) is 1.44. The minimum absolute atomic E-state index is 0.163. The number of nitrogens with zero attached hydrogens (tertiary/aromatic N) is 1. The minimum atomic E-state index is -3.53. The first-order valence-electron chi connectivity index (χ1n) is 11.2. The summed E-state index contributed by atoms with van der Waals surface area (Å²) in [7, 11) is -3.53. The summed E-state index contributed by atoms with van der Waals surface area (Å²) >= 11 is 6.12. The van der Waals surface area contributed by atoms with E-state index in [0.717, 1.165) is 12.8 Å². The first kappa shape index (κ1) is 25.2. The first-order valence-corrected chi connectivity index (χ1v) is 13.2. The molecule has 0 saturated carbocycles. The predicted molar refractivity (Wildman–Crippen MR) is 131 cm³/mol. The second-order valence-electron chi connectivity index (χ2n) is 8.17. The fourth-order valence-electron chi connectivity index (χ4n) is 3.80. The Bertz CT molecular complexity index is 1080. The lowest BCUT2D eigenvalue weighted by molar-refractivity contribution is -0.120. The number of rotatable bonds is 9. The summed E-state index contributed by atoms with van der Waals surface area (Å²) in [5.74, 6) is -0.913. The van der Waals surface area contributed by atoms with Gasteiger partial charge in [-0.15, -0.1) is 0 Å². The van der Waals surface area contributed by atoms with Gasteiger partial charge in [-0.25, -0.2) is 12.7 Å². The van der Waals surface area contributed by atoms with Crippen LogP contribution in [0.4, 0.5) is 5.69 Å². The number of carbonyl (C=O) groups excluding carboxylic acids is 2. The van der Waals surface area contributed by atoms with Crippen LogP contribution in [0.1, 0.15) is 48.5 Å². The van der Waals surface area contributed by atoms with E-state index in [4.69, 9.17) is 11.6 Å². The average Bonchev–Trinajstić information content (AvgIpc) is 2.81. The van der Waals surface area contributed by atoms with E-state index in [9.17, 15) is 18.0 Å². The van der Waals surface area contributed by atoms with E-state index in [0.29, 0.717) is 41.2 Å². The molecule has 0 aliphatic carbocycles. The smallest absolute Gasteiger partial charge is 0.253 e. The molecule has 9 heteroatoms. The van der Waals surface area contributed by atoms with Gasteiger partial charge in [-0.2, -0.15) is 0 Å². The van der Waals surface area contributed by atoms with Crippen molar-refractivity contribution >= 4 is 39.1 Å². The summed E-state index contributed by atoms with van der Waals surface area (Å²) in [6.45, 7) is 3.17. The number of piperidine rings is 1. The summed E-state index contributed by atoms with van der Waals surface area (Å²) < 4.78 is 27.1. The van der Waals surface area contributed by atoms with Crippen molar-refractivity contribution in [2.75, 3.05) is 25.0 Å². The van der Waals surface area contributed by atoms with Gasteiger partial charge in [0.2, 0.25) is 15.9 Å². The van der Waals surface area contributed by atoms with Gasteiger partial charge in [0.05, 0.1) is 17.0 Å². The van der Waals surface area contributed by atoms with Crippen molar-refractivity contribution in [3.05, 3.63) is 64.7 Å². The van der Waals surface area contributed by atoms with Crippen LogP contribution in [0.25, 0.3) is 0 Å². The number of amides is 2. The van der Waals surface area contributed by atoms with Gasteiger partial charge in [0.1, 0.15) is 0 Å². The Morgan fingerprint density at radius 1 is 1.06 bits per heavy atom. The Hall–Kier alpha value is -2.42. The van der Waals surface area contributed by atoms with Crippen molar-refractivity contribution in [2.45, 2.75) is 38.4 Å². The van der Waals surface area contributed by atoms with Crippen molar-refractivity contribution < 1.29 is 18.0 Å². The molecular weight excluding hydrogens is 462 g/mol. The highest BCUT2D eigenvalue weighted by Crippen LogP contribution is 2.25. The third-order valence-electron chi connectivity index (χ3n) is 5.76. The lowest BCUT2D eigenvalue weighted by Gasteiger charge is -2.30. The van der Waals surface area contributed by atoms with Gasteiger partial charge < -0.3 is 10.6 Å². The van der Waals surface area contributed by atoms with Crippen molar-refractivity contribution in [2.24, 2.45) is 5.92 Å². The van der Waals surface area contributed by atoms with Crippen molar-refractivity contribution in [3.63, 3.8) is 0 Å². The largest absolute Gasteiger partial charge is 0.352 e. The van der Waals surface area contributed by atoms with Crippen LogP contribution in [-0.2, 0) is 20.6 Å². The molecular formula is C24H30ClN3O4S. The standard InChI is InChI=1S/C24H30ClN3O4S/c1-2-3-14-26-24(30)20-9-5-7-11-22(20)27-23(29)18-12-15-28(16-13-18)33(31,32)17-19-8-4-6-10-21(19)25/h4-11,18H,2-3,12-17H2,1H3,(H,26,30)(H,27,29). The number of anilines is 1. The zero-order chi connectivity index (χ0) is 23.8. The monoisotopic (exact) mass is 491 g/mol. The van der Waals surface area contributed by atoms with E-state index in [-0.39, 0.29) is 36.6 Å². The molecule has 1 fully saturated rings. The van der Waals surface area contributed by atoms with Crippen LogP contribution >= 0.6 is 11.6 Å². The first-order chi connectivity index (χ1) is 15.8. The fraction of sp³-hybridized carbons (Fsp3) is 0.417. The molecule has 1 saturated heterocycles. The van der Waals surface area contributed by atoms with Crippen LogP contribution in [0.2, 0.25) is 5.02 Å². The third-order valence-corrected chi connectivity index (χ3v) is 7.96. The summed E-state index contributed by atoms with van der Waals surface area (Å²) in [4.78, 5) is 25.3. The maximum atomic E-state index is 12.9. The number of nitrogens with one attached hydrogen (secondary N) is 2. The molecule has 7 nitrogen and oxygen atoms in total. The molecule has 0 spiro atoms. The van der Waals surface area contributed by atoms with Crippen LogP contribution in [-0.4, -0.2) is 44.2 Å². The molecule has 2 amide bonds. The van der Waals surface area contributed by atoms with Gasteiger partial charge in [0.15, 0.2) is 0 Å². The molecule has 2 aromatic carbocycles. The van der Waals surface area contributed by atoms with Gasteiger partial charge >= 0.3 is 0 Å². The third kappa shape index (κ3) is 6.79. The van der Waals surface area contributed by atoms with E-state index in [1.54, 1.807) is 48.5 Å². The highest BCUT2D eigenvalue weighted by atomic mass is 35.5. The number of sulfonamides is 1. The van der Waals surface area contributed by atoms with Crippen molar-refractivity contribution in [3.8, 4) is 0 Å². The van der Waals surface area contributed by atoms with Crippen LogP contribution in [0.15, 0.2) is 48.5 Å². The quantitative estimate of drug-likeness (QED) is 0.517. The summed E-state index contributed by atoms with van der Waals surface area (Å²) in [6, 6.07) is 13.8. The Kier molecular flexibility index (Phi) is 8.88. The molecule has 0 aromatic heterocycles. The van der Waals surface area contributed by atoms with E-state index in [1.165, 1.54) is 4.31 Å². The second kappa shape index (κ2) is 11.6. The highest BCUT2D eigenvalue weighted by molar-refractivity contribution is 7.88. The van der Waals surface area contributed by atoms with E-state index >= 15 is 0 Å². The molecule has 1 aliphatic heterocycles. The zero-order valence-corrected chi connectivity index (χ0v) is 20.3. The summed E-state index contributed by atoms with van der Waals surface area (Å²) in [5, 5.41) is 6.16. The maximum Gasteiger partial charge on any atom is 0.253 e. The molecule has 0 radical (unpaired) electrons. The van der Waals surface area contributed by atoms with Crippen LogP contribution in [0, 0.1) is 5.92 Å². The van der Waals surface area contributed by atoms with Crippen LogP contribution in [0.5, 0.6) is 0 Å². The number of para-hydroxylation sites is 1. The minimum Gasteiger partial charge on any atom is -0.352 e. The van der Waals surface area contributed by atoms with Crippen LogP contribution in [0.3, 0.4) is 0 Å². The number of halogens is 1. The zero-order valence-electron chi connectivity index (χ0n) is 18.7. The Labute approximate surface area is 200 Å². The fourth-order valence-corrected chi connectivity index (χ4v) is 5.67. The number of benzene rings is 2. The molecule has 3 rings (SSSR count). The van der Waals surface area contributed by atoms with E-state index < -0.39 is 10.0 Å². The number of unbranched alkanes of at least 4 members (excludes halogenated alkanes) is 1. The Morgan fingerprint density at radius 3 is 2.42 bits per heavy atom. The molecule has 33 heavy (non-hydrogen) atoms. The molecule has 1 heterocycles. The number of hydrogen-bond donors (Lipinski definition) is 2. The van der Waals surface area contributed by atoms with Crippen LogP contribution < -0.4 is 10.6 Å². The SMILES string of the molecule is CCCCNC(=O)c1ccccc1NC(=O)C1CCN(S(=O)(=O)Cc2ccccc2Cl)CC1. The molecule has 178 valence electrons. The second-order valence-corrected chi connectivity index (χ2v) is 10.5. The molecule has 2 aromatic rings. The highest BCUT2D eigenvalue weighted by Gasteiger charge is 2.32.